The van der Waals surface area contributed by atoms with Gasteiger partial charge in [0.05, 0.1) is 6.61 Å². The van der Waals surface area contributed by atoms with E-state index in [9.17, 15) is 9.90 Å². The number of hydrogen-bond donors (Lipinski definition) is 1. The van der Waals surface area contributed by atoms with Crippen LogP contribution in [-0.4, -0.2) is 63.9 Å². The fraction of sp³-hybridized carbons (Fsp3) is 0.536. The highest BCUT2D eigenvalue weighted by Crippen LogP contribution is 2.79. The summed E-state index contributed by atoms with van der Waals surface area (Å²) in [6.07, 6.45) is -3.74. The van der Waals surface area contributed by atoms with E-state index < -0.39 is 53.4 Å². The first kappa shape index (κ1) is 24.0. The third-order valence-corrected chi connectivity index (χ3v) is 8.50. The number of rotatable bonds is 6. The average Bonchev–Trinajstić information content (AvgIpc) is 3.66. The summed E-state index contributed by atoms with van der Waals surface area (Å²) in [7, 11) is 0. The maximum Gasteiger partial charge on any atom is 0.523 e. The van der Waals surface area contributed by atoms with Crippen molar-refractivity contribution in [1.82, 2.24) is 0 Å². The van der Waals surface area contributed by atoms with Crippen LogP contribution >= 0.6 is 0 Å². The van der Waals surface area contributed by atoms with Gasteiger partial charge in [-0.15, -0.1) is 4.48 Å². The number of halogens is 1. The molecule has 0 aliphatic carbocycles. The van der Waals surface area contributed by atoms with Crippen LogP contribution in [-0.2, 0) is 24.5 Å². The van der Waals surface area contributed by atoms with Crippen LogP contribution in [0.15, 0.2) is 60.7 Å². The number of carbonyl (C=O) groups is 1. The first-order valence-corrected chi connectivity index (χ1v) is 12.6. The van der Waals surface area contributed by atoms with Crippen LogP contribution in [0.3, 0.4) is 0 Å². The van der Waals surface area contributed by atoms with Crippen LogP contribution in [0.1, 0.15) is 45.7 Å². The minimum Gasteiger partial charge on any atom is -0.397 e. The molecule has 0 aromatic heterocycles. The van der Waals surface area contributed by atoms with Crippen molar-refractivity contribution < 1.29 is 37.7 Å². The van der Waals surface area contributed by atoms with Gasteiger partial charge in [0.25, 0.3) is 6.23 Å². The van der Waals surface area contributed by atoms with Crippen molar-refractivity contribution in [3.63, 3.8) is 0 Å². The van der Waals surface area contributed by atoms with Crippen molar-refractivity contribution in [2.45, 2.75) is 81.9 Å². The third-order valence-electron chi connectivity index (χ3n) is 8.50. The van der Waals surface area contributed by atoms with Crippen molar-refractivity contribution in [3.05, 3.63) is 71.8 Å². The van der Waals surface area contributed by atoms with E-state index >= 15 is 4.39 Å². The Labute approximate surface area is 210 Å². The lowest BCUT2D eigenvalue weighted by Crippen LogP contribution is -2.63. The number of carbonyl (C=O) groups excluding carboxylic acids is 1. The van der Waals surface area contributed by atoms with Crippen molar-refractivity contribution in [2.75, 3.05) is 6.61 Å². The summed E-state index contributed by atoms with van der Waals surface area (Å²) in [5.41, 5.74) is -3.38. The van der Waals surface area contributed by atoms with E-state index in [-0.39, 0.29) is 17.0 Å². The highest BCUT2D eigenvalue weighted by molar-refractivity contribution is 5.71. The molecular weight excluding hydrogens is 465 g/mol. The van der Waals surface area contributed by atoms with Crippen molar-refractivity contribution in [1.29, 1.82) is 0 Å². The number of benzene rings is 2. The molecule has 0 bridgehead atoms. The minimum absolute atomic E-state index is 0.0461. The molecule has 2 aromatic carbocycles. The molecule has 7 atom stereocenters. The van der Waals surface area contributed by atoms with E-state index in [0.717, 1.165) is 11.1 Å². The monoisotopic (exact) mass is 498 g/mol. The number of aliphatic hydroxyl groups excluding tert-OH is 1. The summed E-state index contributed by atoms with van der Waals surface area (Å²) in [6, 6.07) is 18.7. The number of alkyl halides is 1. The van der Waals surface area contributed by atoms with E-state index in [2.05, 4.69) is 0 Å². The molecule has 4 heterocycles. The first-order valence-electron chi connectivity index (χ1n) is 12.6. The van der Waals surface area contributed by atoms with Crippen LogP contribution < -0.4 is 0 Å². The van der Waals surface area contributed by atoms with Gasteiger partial charge >= 0.3 is 11.8 Å². The zero-order chi connectivity index (χ0) is 25.7. The second-order valence-corrected chi connectivity index (χ2v) is 11.4. The molecule has 192 valence electrons. The first-order chi connectivity index (χ1) is 17.0. The summed E-state index contributed by atoms with van der Waals surface area (Å²) < 4.78 is 40.1. The van der Waals surface area contributed by atoms with Crippen LogP contribution in [0.2, 0.25) is 0 Å². The van der Waals surface area contributed by atoms with Crippen LogP contribution in [0.5, 0.6) is 0 Å². The van der Waals surface area contributed by atoms with E-state index in [1.807, 2.05) is 74.5 Å². The number of quaternary nitrogens is 1. The summed E-state index contributed by atoms with van der Waals surface area (Å²) in [5.74, 6) is -1.02. The molecule has 7 nitrogen and oxygen atoms in total. The summed E-state index contributed by atoms with van der Waals surface area (Å²) in [5, 5.41) is 11.2. The molecule has 0 radical (unpaired) electrons. The standard InChI is InChI=1S/C28H33FNO6/c1-17(2)21-27(18-12-8-6-9-13-18,19-14-10-7-11-15-19)36-24(32)30(21)23-28(30,35-23)26(5,29)22(31)20-16-33-25(3,4)34-20/h6-15,17,20-23,31H,16H2,1-5H3/q+1. The molecular formula is C28H33FNO6+. The summed E-state index contributed by atoms with van der Waals surface area (Å²) in [4.78, 5) is 13.9. The van der Waals surface area contributed by atoms with Gasteiger partial charge in [-0.3, -0.25) is 4.74 Å². The van der Waals surface area contributed by atoms with Crippen molar-refractivity contribution in [2.24, 2.45) is 5.92 Å². The molecule has 36 heavy (non-hydrogen) atoms. The zero-order valence-electron chi connectivity index (χ0n) is 21.2. The Morgan fingerprint density at radius 2 is 1.58 bits per heavy atom. The van der Waals surface area contributed by atoms with Crippen molar-refractivity contribution in [3.8, 4) is 0 Å². The molecule has 1 spiro atoms. The minimum atomic E-state index is -2.30. The second-order valence-electron chi connectivity index (χ2n) is 11.4. The summed E-state index contributed by atoms with van der Waals surface area (Å²) in [6.45, 7) is 8.81. The highest BCUT2D eigenvalue weighted by Gasteiger charge is 3.12. The number of ether oxygens (including phenoxy) is 4. The summed E-state index contributed by atoms with van der Waals surface area (Å²) >= 11 is 0. The van der Waals surface area contributed by atoms with Gasteiger partial charge in [0.2, 0.25) is 11.3 Å². The lowest BCUT2D eigenvalue weighted by molar-refractivity contribution is -0.867. The van der Waals surface area contributed by atoms with Crippen LogP contribution in [0.25, 0.3) is 0 Å². The molecule has 4 saturated heterocycles. The normalized spacial score (nSPS) is 37.9. The third kappa shape index (κ3) is 2.71. The lowest BCUT2D eigenvalue weighted by Gasteiger charge is -2.39. The molecule has 1 N–H and O–H groups in total. The number of cyclic esters (lactones) is 1. The zero-order valence-corrected chi connectivity index (χ0v) is 21.2. The van der Waals surface area contributed by atoms with E-state index in [4.69, 9.17) is 18.9 Å². The Morgan fingerprint density at radius 1 is 1.03 bits per heavy atom. The van der Waals surface area contributed by atoms with Crippen LogP contribution in [0, 0.1) is 5.92 Å². The SMILES string of the molecule is CC(C)C1C(c2ccccc2)(c2ccccc2)OC(=O)[N+]12C1OC12C(C)(F)C(O)C1COC(C)(C)O1. The quantitative estimate of drug-likeness (QED) is 0.475. The average molecular weight is 499 g/mol. The van der Waals surface area contributed by atoms with E-state index in [1.54, 1.807) is 13.8 Å². The molecule has 2 aromatic rings. The topological polar surface area (TPSA) is 77.5 Å². The van der Waals surface area contributed by atoms with E-state index in [1.165, 1.54) is 6.92 Å². The lowest BCUT2D eigenvalue weighted by atomic mass is 9.75. The number of nitrogens with zero attached hydrogens (tertiary/aromatic N) is 1. The Hall–Kier alpha value is -2.36. The van der Waals surface area contributed by atoms with Crippen molar-refractivity contribution >= 4 is 6.09 Å². The molecule has 4 aliphatic rings. The fourth-order valence-corrected chi connectivity index (χ4v) is 6.98. The largest absolute Gasteiger partial charge is 0.523 e. The molecule has 6 rings (SSSR count). The maximum atomic E-state index is 16.8. The Kier molecular flexibility index (Phi) is 4.91. The molecule has 7 unspecified atom stereocenters. The second kappa shape index (κ2) is 7.36. The molecule has 8 heteroatoms. The Balaban J connectivity index is 1.47. The number of fused-ring (bicyclic) bond motifs is 3. The molecule has 4 aliphatic heterocycles. The number of hydrogen-bond acceptors (Lipinski definition) is 6. The highest BCUT2D eigenvalue weighted by atomic mass is 19.1. The van der Waals surface area contributed by atoms with Gasteiger partial charge in [0, 0.05) is 17.0 Å². The van der Waals surface area contributed by atoms with Gasteiger partial charge in [-0.1, -0.05) is 74.5 Å². The van der Waals surface area contributed by atoms with Gasteiger partial charge in [-0.05, 0) is 20.8 Å². The van der Waals surface area contributed by atoms with Gasteiger partial charge in [-0.25, -0.2) is 4.39 Å². The number of aliphatic hydroxyl groups is 1. The predicted octanol–water partition coefficient (Wildman–Crippen LogP) is 4.23. The molecule has 0 saturated carbocycles. The van der Waals surface area contributed by atoms with Gasteiger partial charge in [0.1, 0.15) is 12.2 Å². The predicted molar refractivity (Wildman–Crippen MR) is 127 cm³/mol. The van der Waals surface area contributed by atoms with E-state index in [0.29, 0.717) is 0 Å². The number of amides is 1. The van der Waals surface area contributed by atoms with Gasteiger partial charge < -0.3 is 19.3 Å². The molecule has 4 fully saturated rings. The Morgan fingerprint density at radius 3 is 2.03 bits per heavy atom. The Bertz CT molecular complexity index is 1150. The van der Waals surface area contributed by atoms with Gasteiger partial charge in [-0.2, -0.15) is 4.79 Å². The van der Waals surface area contributed by atoms with Gasteiger partial charge in [0.15, 0.2) is 11.8 Å². The fourth-order valence-electron chi connectivity index (χ4n) is 6.98. The maximum absolute atomic E-state index is 16.8. The van der Waals surface area contributed by atoms with Crippen LogP contribution in [0.4, 0.5) is 9.18 Å². The molecule has 1 amide bonds. The number of epoxide rings is 1. The smallest absolute Gasteiger partial charge is 0.397 e.